The van der Waals surface area contributed by atoms with E-state index >= 15 is 0 Å². The number of nitro groups is 1. The second kappa shape index (κ2) is 8.05. The van der Waals surface area contributed by atoms with Crippen molar-refractivity contribution >= 4 is 17.3 Å². The minimum absolute atomic E-state index is 0.0310. The summed E-state index contributed by atoms with van der Waals surface area (Å²) in [6.45, 7) is 5.37. The number of amides is 1. The summed E-state index contributed by atoms with van der Waals surface area (Å²) in [5.41, 5.74) is 5.44. The molecule has 0 aromatic heterocycles. The van der Waals surface area contributed by atoms with E-state index in [1.807, 2.05) is 32.0 Å². The van der Waals surface area contributed by atoms with Crippen LogP contribution in [0.25, 0.3) is 0 Å². The first-order chi connectivity index (χ1) is 11.9. The molecule has 25 heavy (non-hydrogen) atoms. The van der Waals surface area contributed by atoms with Gasteiger partial charge in [0.15, 0.2) is 6.61 Å². The van der Waals surface area contributed by atoms with Gasteiger partial charge in [-0.1, -0.05) is 29.8 Å². The Morgan fingerprint density at radius 3 is 2.68 bits per heavy atom. The van der Waals surface area contributed by atoms with Gasteiger partial charge in [-0.25, -0.2) is 5.43 Å². The average molecular weight is 341 g/mol. The van der Waals surface area contributed by atoms with Crippen molar-refractivity contribution in [2.75, 3.05) is 6.61 Å². The molecule has 2 aromatic carbocycles. The van der Waals surface area contributed by atoms with E-state index in [-0.39, 0.29) is 12.3 Å². The Labute approximate surface area is 145 Å². The lowest BCUT2D eigenvalue weighted by atomic mass is 10.1. The Balaban J connectivity index is 1.95. The molecule has 2 aromatic rings. The number of ether oxygens (including phenoxy) is 1. The Morgan fingerprint density at radius 1 is 1.24 bits per heavy atom. The highest BCUT2D eigenvalue weighted by Gasteiger charge is 2.08. The van der Waals surface area contributed by atoms with Crippen LogP contribution in [-0.4, -0.2) is 23.1 Å². The molecule has 0 heterocycles. The first-order valence-corrected chi connectivity index (χ1v) is 7.65. The number of nitrogens with zero attached hydrogens (tertiary/aromatic N) is 2. The number of hydrogen-bond donors (Lipinski definition) is 1. The predicted octanol–water partition coefficient (Wildman–Crippen LogP) is 3.13. The third kappa shape index (κ3) is 5.13. The molecule has 0 bridgehead atoms. The summed E-state index contributed by atoms with van der Waals surface area (Å²) in [4.78, 5) is 22.2. The summed E-state index contributed by atoms with van der Waals surface area (Å²) in [7, 11) is 0. The molecule has 1 amide bonds. The molecule has 0 atom stereocenters. The fraction of sp³-hybridized carbons (Fsp3) is 0.222. The standard InChI is InChI=1S/C18H19N3O4/c1-12-7-8-17(13(2)9-12)25-11-18(22)20-19-14(3)15-5-4-6-16(10-15)21(23)24/h4-10H,11H2,1-3H3,(H,20,22)/b19-14+. The van der Waals surface area contributed by atoms with Crippen LogP contribution >= 0.6 is 0 Å². The van der Waals surface area contributed by atoms with Crippen LogP contribution in [0.3, 0.4) is 0 Å². The van der Waals surface area contributed by atoms with Gasteiger partial charge in [0, 0.05) is 17.7 Å². The van der Waals surface area contributed by atoms with Crippen LogP contribution < -0.4 is 10.2 Å². The van der Waals surface area contributed by atoms with Gasteiger partial charge in [-0.15, -0.1) is 0 Å². The van der Waals surface area contributed by atoms with Gasteiger partial charge < -0.3 is 4.74 Å². The van der Waals surface area contributed by atoms with E-state index in [2.05, 4.69) is 10.5 Å². The van der Waals surface area contributed by atoms with E-state index in [9.17, 15) is 14.9 Å². The van der Waals surface area contributed by atoms with Crippen molar-refractivity contribution in [1.29, 1.82) is 0 Å². The molecular formula is C18H19N3O4. The van der Waals surface area contributed by atoms with E-state index in [1.54, 1.807) is 19.1 Å². The molecule has 1 N–H and O–H groups in total. The maximum atomic E-state index is 11.9. The Hall–Kier alpha value is -3.22. The molecular weight excluding hydrogens is 322 g/mol. The first kappa shape index (κ1) is 18.1. The van der Waals surface area contributed by atoms with Gasteiger partial charge in [0.25, 0.3) is 11.6 Å². The maximum absolute atomic E-state index is 11.9. The molecule has 0 aliphatic carbocycles. The molecule has 0 spiro atoms. The molecule has 2 rings (SSSR count). The number of hydrogen-bond acceptors (Lipinski definition) is 5. The topological polar surface area (TPSA) is 93.8 Å². The summed E-state index contributed by atoms with van der Waals surface area (Å²) >= 11 is 0. The van der Waals surface area contributed by atoms with Crippen LogP contribution in [0.15, 0.2) is 47.6 Å². The van der Waals surface area contributed by atoms with Gasteiger partial charge in [-0.05, 0) is 32.4 Å². The molecule has 0 aliphatic heterocycles. The number of carbonyl (C=O) groups is 1. The summed E-state index contributed by atoms with van der Waals surface area (Å²) in [6, 6.07) is 11.7. The van der Waals surface area contributed by atoms with Crippen molar-refractivity contribution in [2.45, 2.75) is 20.8 Å². The highest BCUT2D eigenvalue weighted by Crippen LogP contribution is 2.18. The largest absolute Gasteiger partial charge is 0.483 e. The van der Waals surface area contributed by atoms with Gasteiger partial charge in [0.05, 0.1) is 10.6 Å². The van der Waals surface area contributed by atoms with Gasteiger partial charge in [-0.2, -0.15) is 5.10 Å². The van der Waals surface area contributed by atoms with E-state index in [4.69, 9.17) is 4.74 Å². The molecule has 0 unspecified atom stereocenters. The van der Waals surface area contributed by atoms with Gasteiger partial charge >= 0.3 is 0 Å². The van der Waals surface area contributed by atoms with Crippen LogP contribution in [0.4, 0.5) is 5.69 Å². The van der Waals surface area contributed by atoms with Crippen LogP contribution in [0.5, 0.6) is 5.75 Å². The molecule has 130 valence electrons. The highest BCUT2D eigenvalue weighted by molar-refractivity contribution is 5.99. The second-order valence-corrected chi connectivity index (χ2v) is 5.60. The Morgan fingerprint density at radius 2 is 2.00 bits per heavy atom. The molecule has 0 saturated heterocycles. The zero-order valence-corrected chi connectivity index (χ0v) is 14.3. The number of benzene rings is 2. The molecule has 0 radical (unpaired) electrons. The van der Waals surface area contributed by atoms with Gasteiger partial charge in [0.2, 0.25) is 0 Å². The molecule has 0 aliphatic rings. The first-order valence-electron chi connectivity index (χ1n) is 7.65. The lowest BCUT2D eigenvalue weighted by molar-refractivity contribution is -0.384. The minimum Gasteiger partial charge on any atom is -0.483 e. The number of aryl methyl sites for hydroxylation is 2. The van der Waals surface area contributed by atoms with E-state index < -0.39 is 10.8 Å². The van der Waals surface area contributed by atoms with Crippen LogP contribution in [0, 0.1) is 24.0 Å². The van der Waals surface area contributed by atoms with Gasteiger partial charge in [-0.3, -0.25) is 14.9 Å². The third-order valence-electron chi connectivity index (χ3n) is 3.51. The van der Waals surface area contributed by atoms with Crippen molar-refractivity contribution in [3.63, 3.8) is 0 Å². The van der Waals surface area contributed by atoms with Crippen LogP contribution in [0.2, 0.25) is 0 Å². The zero-order valence-electron chi connectivity index (χ0n) is 14.3. The molecule has 0 fully saturated rings. The number of rotatable bonds is 6. The third-order valence-corrected chi connectivity index (χ3v) is 3.51. The zero-order chi connectivity index (χ0) is 18.4. The summed E-state index contributed by atoms with van der Waals surface area (Å²) < 4.78 is 5.47. The predicted molar refractivity (Wildman–Crippen MR) is 94.9 cm³/mol. The number of nitro benzene ring substituents is 1. The monoisotopic (exact) mass is 341 g/mol. The lowest BCUT2D eigenvalue weighted by Gasteiger charge is -2.09. The van der Waals surface area contributed by atoms with Crippen molar-refractivity contribution in [2.24, 2.45) is 5.10 Å². The van der Waals surface area contributed by atoms with Crippen LogP contribution in [0.1, 0.15) is 23.6 Å². The highest BCUT2D eigenvalue weighted by atomic mass is 16.6. The van der Waals surface area contributed by atoms with E-state index in [0.717, 1.165) is 11.1 Å². The number of hydrazone groups is 1. The van der Waals surface area contributed by atoms with E-state index in [0.29, 0.717) is 17.0 Å². The summed E-state index contributed by atoms with van der Waals surface area (Å²) in [5, 5.41) is 14.7. The molecule has 7 nitrogen and oxygen atoms in total. The minimum atomic E-state index is -0.479. The molecule has 0 saturated carbocycles. The van der Waals surface area contributed by atoms with Crippen LogP contribution in [-0.2, 0) is 4.79 Å². The number of nitrogens with one attached hydrogen (secondary N) is 1. The quantitative estimate of drug-likeness (QED) is 0.496. The summed E-state index contributed by atoms with van der Waals surface area (Å²) in [6.07, 6.45) is 0. The maximum Gasteiger partial charge on any atom is 0.277 e. The van der Waals surface area contributed by atoms with Crippen molar-refractivity contribution in [3.8, 4) is 5.75 Å². The normalized spacial score (nSPS) is 11.1. The molecule has 7 heteroatoms. The van der Waals surface area contributed by atoms with Crippen molar-refractivity contribution in [3.05, 3.63) is 69.3 Å². The SMILES string of the molecule is C/C(=N\NC(=O)COc1ccc(C)cc1C)c1cccc([N+](=O)[O-])c1. The number of non-ortho nitro benzene ring substituents is 1. The van der Waals surface area contributed by atoms with Crippen molar-refractivity contribution in [1.82, 2.24) is 5.43 Å². The fourth-order valence-electron chi connectivity index (χ4n) is 2.19. The van der Waals surface area contributed by atoms with Crippen molar-refractivity contribution < 1.29 is 14.5 Å². The smallest absolute Gasteiger partial charge is 0.277 e. The Bertz CT molecular complexity index is 831. The Kier molecular flexibility index (Phi) is 5.84. The lowest BCUT2D eigenvalue weighted by Crippen LogP contribution is -2.25. The van der Waals surface area contributed by atoms with E-state index in [1.165, 1.54) is 12.1 Å². The summed E-state index contributed by atoms with van der Waals surface area (Å²) in [5.74, 6) is 0.227. The average Bonchev–Trinajstić information content (AvgIpc) is 2.59. The second-order valence-electron chi connectivity index (χ2n) is 5.60. The number of carbonyl (C=O) groups excluding carboxylic acids is 1. The van der Waals surface area contributed by atoms with Gasteiger partial charge in [0.1, 0.15) is 5.75 Å². The fourth-order valence-corrected chi connectivity index (χ4v) is 2.19.